The Labute approximate surface area is 182 Å². The highest BCUT2D eigenvalue weighted by Gasteiger charge is 2.31. The van der Waals surface area contributed by atoms with Gasteiger partial charge in [0, 0.05) is 18.7 Å². The lowest BCUT2D eigenvalue weighted by molar-refractivity contribution is -0.132. The van der Waals surface area contributed by atoms with Gasteiger partial charge in [0.25, 0.3) is 5.91 Å². The molecule has 4 rings (SSSR count). The summed E-state index contributed by atoms with van der Waals surface area (Å²) in [7, 11) is 0. The molecule has 0 radical (unpaired) electrons. The second-order valence-electron chi connectivity index (χ2n) is 7.57. The standard InChI is InChI=1S/C26H26N2O3/c1-2-25(30)28-16-15-19-13-14-22(17-23(19)26(28)20-9-5-3-6-10-20)31-18-24(29)27-21-11-7-4-8-12-21/h3-14,17,26H,2,15-16,18H2,1H3,(H,27,29). The van der Waals surface area contributed by atoms with Gasteiger partial charge < -0.3 is 15.0 Å². The molecule has 0 fully saturated rings. The number of rotatable bonds is 6. The zero-order valence-corrected chi connectivity index (χ0v) is 17.6. The Morgan fingerprint density at radius 1 is 1.00 bits per heavy atom. The van der Waals surface area contributed by atoms with E-state index in [1.165, 1.54) is 5.56 Å². The van der Waals surface area contributed by atoms with Crippen molar-refractivity contribution in [1.29, 1.82) is 0 Å². The lowest BCUT2D eigenvalue weighted by Crippen LogP contribution is -2.40. The molecule has 3 aromatic carbocycles. The number of carbonyl (C=O) groups is 2. The maximum Gasteiger partial charge on any atom is 0.262 e. The molecule has 1 N–H and O–H groups in total. The van der Waals surface area contributed by atoms with E-state index >= 15 is 0 Å². The molecular weight excluding hydrogens is 388 g/mol. The molecule has 2 amide bonds. The van der Waals surface area contributed by atoms with Gasteiger partial charge in [0.1, 0.15) is 5.75 Å². The molecule has 1 aliphatic heterocycles. The van der Waals surface area contributed by atoms with Crippen molar-refractivity contribution in [1.82, 2.24) is 4.90 Å². The van der Waals surface area contributed by atoms with E-state index in [1.54, 1.807) is 0 Å². The van der Waals surface area contributed by atoms with Gasteiger partial charge in [0.05, 0.1) is 6.04 Å². The van der Waals surface area contributed by atoms with Gasteiger partial charge in [-0.05, 0) is 47.4 Å². The van der Waals surface area contributed by atoms with E-state index in [2.05, 4.69) is 17.4 Å². The highest BCUT2D eigenvalue weighted by Crippen LogP contribution is 2.37. The predicted molar refractivity (Wildman–Crippen MR) is 121 cm³/mol. The number of fused-ring (bicyclic) bond motifs is 1. The van der Waals surface area contributed by atoms with Crippen LogP contribution in [0, 0.1) is 0 Å². The Morgan fingerprint density at radius 3 is 2.42 bits per heavy atom. The Morgan fingerprint density at radius 2 is 1.71 bits per heavy atom. The Bertz CT molecular complexity index is 1050. The normalized spacial score (nSPS) is 15.1. The zero-order valence-electron chi connectivity index (χ0n) is 17.6. The molecule has 3 aromatic rings. The fourth-order valence-corrected chi connectivity index (χ4v) is 4.02. The largest absolute Gasteiger partial charge is 0.484 e. The summed E-state index contributed by atoms with van der Waals surface area (Å²) in [6, 6.07) is 25.1. The number of amides is 2. The first-order chi connectivity index (χ1) is 15.2. The van der Waals surface area contributed by atoms with Gasteiger partial charge in [0.2, 0.25) is 5.91 Å². The molecule has 1 aliphatic rings. The van der Waals surface area contributed by atoms with E-state index in [4.69, 9.17) is 4.74 Å². The first-order valence-electron chi connectivity index (χ1n) is 10.6. The van der Waals surface area contributed by atoms with E-state index in [-0.39, 0.29) is 24.5 Å². The van der Waals surface area contributed by atoms with Crippen LogP contribution in [-0.4, -0.2) is 29.9 Å². The van der Waals surface area contributed by atoms with Crippen LogP contribution in [-0.2, 0) is 16.0 Å². The number of para-hydroxylation sites is 1. The first kappa shape index (κ1) is 20.7. The molecule has 31 heavy (non-hydrogen) atoms. The zero-order chi connectivity index (χ0) is 21.6. The number of hydrogen-bond acceptors (Lipinski definition) is 3. The highest BCUT2D eigenvalue weighted by molar-refractivity contribution is 5.91. The minimum Gasteiger partial charge on any atom is -0.484 e. The van der Waals surface area contributed by atoms with Gasteiger partial charge in [-0.1, -0.05) is 61.5 Å². The lowest BCUT2D eigenvalue weighted by Gasteiger charge is -2.38. The summed E-state index contributed by atoms with van der Waals surface area (Å²) in [5.41, 5.74) is 4.07. The van der Waals surface area contributed by atoms with Crippen LogP contribution in [0.1, 0.15) is 36.1 Å². The molecule has 0 saturated heterocycles. The second-order valence-corrected chi connectivity index (χ2v) is 7.57. The Kier molecular flexibility index (Phi) is 6.32. The van der Waals surface area contributed by atoms with Crippen molar-refractivity contribution in [3.05, 3.63) is 95.6 Å². The van der Waals surface area contributed by atoms with Crippen LogP contribution in [0.4, 0.5) is 5.69 Å². The quantitative estimate of drug-likeness (QED) is 0.642. The SMILES string of the molecule is CCC(=O)N1CCc2ccc(OCC(=O)Nc3ccccc3)cc2C1c1ccccc1. The molecule has 158 valence electrons. The monoisotopic (exact) mass is 414 g/mol. The van der Waals surface area contributed by atoms with Gasteiger partial charge in [0.15, 0.2) is 6.61 Å². The number of nitrogens with one attached hydrogen (secondary N) is 1. The van der Waals surface area contributed by atoms with Crippen molar-refractivity contribution in [3.8, 4) is 5.75 Å². The molecule has 0 saturated carbocycles. The molecule has 1 unspecified atom stereocenters. The number of anilines is 1. The third kappa shape index (κ3) is 4.77. The van der Waals surface area contributed by atoms with E-state index < -0.39 is 0 Å². The summed E-state index contributed by atoms with van der Waals surface area (Å²) in [6.07, 6.45) is 1.27. The van der Waals surface area contributed by atoms with Crippen LogP contribution in [0.15, 0.2) is 78.9 Å². The van der Waals surface area contributed by atoms with Gasteiger partial charge in [-0.2, -0.15) is 0 Å². The van der Waals surface area contributed by atoms with Gasteiger partial charge in [-0.15, -0.1) is 0 Å². The third-order valence-electron chi connectivity index (χ3n) is 5.51. The van der Waals surface area contributed by atoms with Gasteiger partial charge in [-0.25, -0.2) is 0 Å². The molecule has 5 heteroatoms. The van der Waals surface area contributed by atoms with Crippen LogP contribution in [0.25, 0.3) is 0 Å². The Hall–Kier alpha value is -3.60. The van der Waals surface area contributed by atoms with E-state index in [1.807, 2.05) is 78.6 Å². The minimum absolute atomic E-state index is 0.0821. The molecule has 0 spiro atoms. The van der Waals surface area contributed by atoms with Crippen molar-refractivity contribution in [2.24, 2.45) is 0 Å². The third-order valence-corrected chi connectivity index (χ3v) is 5.51. The van der Waals surface area contributed by atoms with E-state index in [0.717, 1.165) is 23.2 Å². The van der Waals surface area contributed by atoms with Crippen LogP contribution >= 0.6 is 0 Å². The summed E-state index contributed by atoms with van der Waals surface area (Å²) < 4.78 is 5.80. The van der Waals surface area contributed by atoms with Crippen molar-refractivity contribution >= 4 is 17.5 Å². The van der Waals surface area contributed by atoms with Crippen LogP contribution in [0.5, 0.6) is 5.75 Å². The summed E-state index contributed by atoms with van der Waals surface area (Å²) >= 11 is 0. The summed E-state index contributed by atoms with van der Waals surface area (Å²) in [4.78, 5) is 26.9. The fourth-order valence-electron chi connectivity index (χ4n) is 4.02. The molecular formula is C26H26N2O3. The lowest BCUT2D eigenvalue weighted by atomic mass is 9.87. The predicted octanol–water partition coefficient (Wildman–Crippen LogP) is 4.59. The maximum atomic E-state index is 12.7. The van der Waals surface area contributed by atoms with Gasteiger partial charge >= 0.3 is 0 Å². The Balaban J connectivity index is 1.55. The maximum absolute atomic E-state index is 12.7. The first-order valence-corrected chi connectivity index (χ1v) is 10.6. The van der Waals surface area contributed by atoms with Crippen molar-refractivity contribution < 1.29 is 14.3 Å². The number of carbonyl (C=O) groups excluding carboxylic acids is 2. The summed E-state index contributed by atoms with van der Waals surface area (Å²) in [5, 5.41) is 2.82. The van der Waals surface area contributed by atoms with Crippen LogP contribution in [0.2, 0.25) is 0 Å². The molecule has 0 aliphatic carbocycles. The number of nitrogens with zero attached hydrogens (tertiary/aromatic N) is 1. The van der Waals surface area contributed by atoms with Crippen LogP contribution < -0.4 is 10.1 Å². The molecule has 5 nitrogen and oxygen atoms in total. The number of benzene rings is 3. The van der Waals surface area contributed by atoms with E-state index in [0.29, 0.717) is 18.7 Å². The number of ether oxygens (including phenoxy) is 1. The van der Waals surface area contributed by atoms with Gasteiger partial charge in [-0.3, -0.25) is 9.59 Å². The summed E-state index contributed by atoms with van der Waals surface area (Å²) in [5.74, 6) is 0.535. The summed E-state index contributed by atoms with van der Waals surface area (Å²) in [6.45, 7) is 2.50. The molecule has 0 bridgehead atoms. The van der Waals surface area contributed by atoms with Crippen molar-refractivity contribution in [2.75, 3.05) is 18.5 Å². The van der Waals surface area contributed by atoms with Crippen molar-refractivity contribution in [3.63, 3.8) is 0 Å². The average Bonchev–Trinajstić information content (AvgIpc) is 2.82. The highest BCUT2D eigenvalue weighted by atomic mass is 16.5. The van der Waals surface area contributed by atoms with Crippen LogP contribution in [0.3, 0.4) is 0 Å². The minimum atomic E-state index is -0.216. The average molecular weight is 415 g/mol. The van der Waals surface area contributed by atoms with Crippen molar-refractivity contribution in [2.45, 2.75) is 25.8 Å². The number of hydrogen-bond donors (Lipinski definition) is 1. The topological polar surface area (TPSA) is 58.6 Å². The smallest absolute Gasteiger partial charge is 0.262 e. The van der Waals surface area contributed by atoms with E-state index in [9.17, 15) is 9.59 Å². The fraction of sp³-hybridized carbons (Fsp3) is 0.231. The molecule has 0 aromatic heterocycles. The molecule has 1 heterocycles. The second kappa shape index (κ2) is 9.47. The molecule has 1 atom stereocenters.